The number of hydrogen-bond donors (Lipinski definition) is 2. The molecule has 0 fully saturated rings. The van der Waals surface area contributed by atoms with Crippen molar-refractivity contribution in [1.29, 1.82) is 0 Å². The molecule has 2 amide bonds. The van der Waals surface area contributed by atoms with Gasteiger partial charge in [0.2, 0.25) is 0 Å². The monoisotopic (exact) mass is 472 g/mol. The van der Waals surface area contributed by atoms with E-state index < -0.39 is 17.8 Å². The van der Waals surface area contributed by atoms with Crippen LogP contribution in [0.5, 0.6) is 11.5 Å². The van der Waals surface area contributed by atoms with Crippen molar-refractivity contribution < 1.29 is 33.0 Å². The predicted octanol–water partition coefficient (Wildman–Crippen LogP) is 4.15. The normalized spacial score (nSPS) is 10.7. The summed E-state index contributed by atoms with van der Waals surface area (Å²) in [5.74, 6) is -0.198. The third kappa shape index (κ3) is 5.72. The number of nitrogens with one attached hydrogen (secondary N) is 1. The van der Waals surface area contributed by atoms with Crippen molar-refractivity contribution >= 4 is 34.1 Å². The van der Waals surface area contributed by atoms with E-state index in [0.29, 0.717) is 22.8 Å². The molecule has 0 aliphatic heterocycles. The number of methoxy groups -OCH3 is 1. The Balaban J connectivity index is 1.73. The third-order valence-electron chi connectivity index (χ3n) is 4.47. The van der Waals surface area contributed by atoms with Crippen molar-refractivity contribution in [3.05, 3.63) is 63.9 Å². The highest BCUT2D eigenvalue weighted by Crippen LogP contribution is 2.34. The van der Waals surface area contributed by atoms with Gasteiger partial charge in [0.1, 0.15) is 28.9 Å². The van der Waals surface area contributed by atoms with Gasteiger partial charge in [-0.25, -0.2) is 4.79 Å². The molecule has 0 radical (unpaired) electrons. The maximum absolute atomic E-state index is 12.7. The van der Waals surface area contributed by atoms with Crippen molar-refractivity contribution in [3.63, 3.8) is 0 Å². The van der Waals surface area contributed by atoms with E-state index in [0.717, 1.165) is 11.3 Å². The highest BCUT2D eigenvalue weighted by atomic mass is 32.1. The van der Waals surface area contributed by atoms with Crippen LogP contribution < -0.4 is 20.5 Å². The molecule has 3 aromatic rings. The van der Waals surface area contributed by atoms with Crippen LogP contribution in [0.15, 0.2) is 40.8 Å². The summed E-state index contributed by atoms with van der Waals surface area (Å²) < 4.78 is 21.6. The second kappa shape index (κ2) is 10.2. The van der Waals surface area contributed by atoms with Crippen LogP contribution in [-0.2, 0) is 11.3 Å². The first-order valence-electron chi connectivity index (χ1n) is 10.0. The van der Waals surface area contributed by atoms with Crippen LogP contribution in [-0.4, -0.2) is 31.0 Å². The van der Waals surface area contributed by atoms with E-state index in [1.54, 1.807) is 58.2 Å². The number of thiophene rings is 1. The lowest BCUT2D eigenvalue weighted by Gasteiger charge is -2.10. The molecule has 0 aliphatic carbocycles. The van der Waals surface area contributed by atoms with Gasteiger partial charge in [0.25, 0.3) is 11.8 Å². The Hall–Kier alpha value is -3.79. The summed E-state index contributed by atoms with van der Waals surface area (Å²) in [5, 5.41) is 2.78. The Labute approximate surface area is 194 Å². The highest BCUT2D eigenvalue weighted by Gasteiger charge is 2.27. The molecule has 0 spiro atoms. The van der Waals surface area contributed by atoms with Crippen molar-refractivity contribution in [1.82, 2.24) is 0 Å². The van der Waals surface area contributed by atoms with Gasteiger partial charge in [-0.05, 0) is 62.7 Å². The van der Waals surface area contributed by atoms with Crippen LogP contribution in [0, 0.1) is 6.92 Å². The molecular formula is C23H24N2O7S. The molecule has 174 valence electrons. The first kappa shape index (κ1) is 23.9. The van der Waals surface area contributed by atoms with Gasteiger partial charge in [-0.2, -0.15) is 0 Å². The van der Waals surface area contributed by atoms with E-state index in [1.807, 2.05) is 0 Å². The average Bonchev–Trinajstić information content (AvgIpc) is 3.36. The molecule has 0 saturated heterocycles. The van der Waals surface area contributed by atoms with Gasteiger partial charge in [0.05, 0.1) is 23.7 Å². The van der Waals surface area contributed by atoms with Gasteiger partial charge in [-0.3, -0.25) is 9.59 Å². The summed E-state index contributed by atoms with van der Waals surface area (Å²) >= 11 is 0.906. The van der Waals surface area contributed by atoms with Crippen LogP contribution in [0.3, 0.4) is 0 Å². The second-order valence-electron chi connectivity index (χ2n) is 7.26. The van der Waals surface area contributed by atoms with Gasteiger partial charge in [0, 0.05) is 0 Å². The average molecular weight is 473 g/mol. The molecule has 0 saturated carbocycles. The quantitative estimate of drug-likeness (QED) is 0.447. The fourth-order valence-corrected chi connectivity index (χ4v) is 3.97. The number of furan rings is 1. The number of carbonyl (C=O) groups excluding carboxylic acids is 3. The Kier molecular flexibility index (Phi) is 7.39. The summed E-state index contributed by atoms with van der Waals surface area (Å²) in [6, 6.07) is 10.1. The van der Waals surface area contributed by atoms with Gasteiger partial charge in [0.15, 0.2) is 5.76 Å². The largest absolute Gasteiger partial charge is 0.497 e. The molecule has 2 aromatic heterocycles. The van der Waals surface area contributed by atoms with E-state index in [4.69, 9.17) is 24.4 Å². The highest BCUT2D eigenvalue weighted by molar-refractivity contribution is 7.18. The second-order valence-corrected chi connectivity index (χ2v) is 8.28. The number of ether oxygens (including phenoxy) is 3. The third-order valence-corrected chi connectivity index (χ3v) is 5.69. The van der Waals surface area contributed by atoms with Crippen molar-refractivity contribution in [2.75, 3.05) is 12.4 Å². The van der Waals surface area contributed by atoms with Crippen molar-refractivity contribution in [2.24, 2.45) is 5.73 Å². The first-order valence-corrected chi connectivity index (χ1v) is 10.8. The Morgan fingerprint density at radius 3 is 2.36 bits per heavy atom. The minimum Gasteiger partial charge on any atom is -0.497 e. The topological polar surface area (TPSA) is 130 Å². The molecule has 1 aromatic carbocycles. The molecule has 33 heavy (non-hydrogen) atoms. The molecule has 10 heteroatoms. The Morgan fingerprint density at radius 2 is 1.76 bits per heavy atom. The van der Waals surface area contributed by atoms with Crippen LogP contribution >= 0.6 is 11.3 Å². The van der Waals surface area contributed by atoms with Crippen molar-refractivity contribution in [2.45, 2.75) is 33.5 Å². The van der Waals surface area contributed by atoms with Gasteiger partial charge >= 0.3 is 5.97 Å². The maximum Gasteiger partial charge on any atom is 0.341 e. The number of hydrogen-bond acceptors (Lipinski definition) is 8. The van der Waals surface area contributed by atoms with Crippen molar-refractivity contribution in [3.8, 4) is 11.5 Å². The minimum absolute atomic E-state index is 0.0122. The minimum atomic E-state index is -0.701. The van der Waals surface area contributed by atoms with Crippen LogP contribution in [0.2, 0.25) is 0 Å². The number of anilines is 1. The zero-order chi connectivity index (χ0) is 24.1. The lowest BCUT2D eigenvalue weighted by Crippen LogP contribution is -2.17. The first-order chi connectivity index (χ1) is 15.7. The van der Waals surface area contributed by atoms with Crippen LogP contribution in [0.25, 0.3) is 0 Å². The zero-order valence-corrected chi connectivity index (χ0v) is 19.4. The number of benzene rings is 1. The lowest BCUT2D eigenvalue weighted by atomic mass is 10.1. The SMILES string of the molecule is COc1ccc(OCc2ccc(C(=O)Nc3sc(C(N)=O)c(C)c3C(=O)OC(C)C)o2)cc1. The molecule has 0 aliphatic rings. The van der Waals surface area contributed by atoms with Gasteiger partial charge in [-0.1, -0.05) is 0 Å². The Morgan fingerprint density at radius 1 is 1.09 bits per heavy atom. The number of carbonyl (C=O) groups is 3. The molecule has 0 unspecified atom stereocenters. The number of nitrogens with two attached hydrogens (primary N) is 1. The van der Waals surface area contributed by atoms with E-state index >= 15 is 0 Å². The molecule has 3 rings (SSSR count). The lowest BCUT2D eigenvalue weighted by molar-refractivity contribution is 0.0379. The van der Waals surface area contributed by atoms with Crippen LogP contribution in [0.4, 0.5) is 5.00 Å². The number of amides is 2. The molecular weight excluding hydrogens is 448 g/mol. The fourth-order valence-electron chi connectivity index (χ4n) is 2.92. The van der Waals surface area contributed by atoms with E-state index in [2.05, 4.69) is 5.32 Å². The zero-order valence-electron chi connectivity index (χ0n) is 18.6. The fraction of sp³-hybridized carbons (Fsp3) is 0.261. The van der Waals surface area contributed by atoms with Gasteiger partial charge in [-0.15, -0.1) is 11.3 Å². The van der Waals surface area contributed by atoms with Gasteiger partial charge < -0.3 is 29.7 Å². The van der Waals surface area contributed by atoms with E-state index in [1.165, 1.54) is 6.07 Å². The number of rotatable bonds is 9. The molecule has 0 atom stereocenters. The maximum atomic E-state index is 12.7. The van der Waals surface area contributed by atoms with Crippen LogP contribution in [0.1, 0.15) is 55.8 Å². The number of esters is 1. The Bertz CT molecular complexity index is 1160. The standard InChI is InChI=1S/C23H24N2O7S/c1-12(2)31-23(28)18-13(3)19(20(24)26)33-22(18)25-21(27)17-10-9-16(32-17)11-30-15-7-5-14(29-4)6-8-15/h5-10,12H,11H2,1-4H3,(H2,24,26)(H,25,27). The van der Waals surface area contributed by atoms with E-state index in [9.17, 15) is 14.4 Å². The summed E-state index contributed by atoms with van der Waals surface area (Å²) in [6.07, 6.45) is -0.379. The summed E-state index contributed by atoms with van der Waals surface area (Å²) in [5.41, 5.74) is 5.85. The summed E-state index contributed by atoms with van der Waals surface area (Å²) in [7, 11) is 1.58. The number of primary amides is 1. The molecule has 3 N–H and O–H groups in total. The smallest absolute Gasteiger partial charge is 0.341 e. The molecule has 0 bridgehead atoms. The summed E-state index contributed by atoms with van der Waals surface area (Å²) in [4.78, 5) is 37.2. The predicted molar refractivity (Wildman–Crippen MR) is 122 cm³/mol. The van der Waals surface area contributed by atoms with E-state index in [-0.39, 0.29) is 33.9 Å². The summed E-state index contributed by atoms with van der Waals surface area (Å²) in [6.45, 7) is 5.08. The molecule has 2 heterocycles. The molecule has 9 nitrogen and oxygen atoms in total.